The van der Waals surface area contributed by atoms with Gasteiger partial charge in [0.25, 0.3) is 0 Å². The van der Waals surface area contributed by atoms with Crippen LogP contribution in [0.1, 0.15) is 13.3 Å². The zero-order valence-corrected chi connectivity index (χ0v) is 9.57. The van der Waals surface area contributed by atoms with Gasteiger partial charge < -0.3 is 19.5 Å². The highest BCUT2D eigenvalue weighted by atomic mass is 16.5. The van der Waals surface area contributed by atoms with Crippen molar-refractivity contribution in [3.05, 3.63) is 0 Å². The molecular weight excluding hydrogens is 198 g/mol. The quantitative estimate of drug-likeness (QED) is 0.549. The monoisotopic (exact) mass is 219 g/mol. The second-order valence-electron chi connectivity index (χ2n) is 3.04. The first-order valence-electron chi connectivity index (χ1n) is 5.21. The molecule has 1 N–H and O–H groups in total. The third-order valence-corrected chi connectivity index (χ3v) is 1.95. The van der Waals surface area contributed by atoms with Gasteiger partial charge in [-0.1, -0.05) is 0 Å². The second-order valence-corrected chi connectivity index (χ2v) is 3.04. The number of nitrogens with zero attached hydrogens (tertiary/aromatic N) is 1. The summed E-state index contributed by atoms with van der Waals surface area (Å²) in [5.74, 6) is -0.00505. The van der Waals surface area contributed by atoms with Crippen LogP contribution in [-0.4, -0.2) is 62.5 Å². The van der Waals surface area contributed by atoms with Gasteiger partial charge in [-0.15, -0.1) is 0 Å². The minimum Gasteiger partial charge on any atom is -0.395 e. The predicted octanol–water partition coefficient (Wildman–Crippen LogP) is -0.120. The molecule has 5 nitrogen and oxygen atoms in total. The molecule has 0 aliphatic heterocycles. The summed E-state index contributed by atoms with van der Waals surface area (Å²) < 4.78 is 9.98. The summed E-state index contributed by atoms with van der Waals surface area (Å²) in [5, 5.41) is 8.79. The van der Waals surface area contributed by atoms with E-state index in [0.29, 0.717) is 39.3 Å². The van der Waals surface area contributed by atoms with Crippen molar-refractivity contribution in [2.24, 2.45) is 0 Å². The van der Waals surface area contributed by atoms with Crippen LogP contribution < -0.4 is 0 Å². The number of carbonyl (C=O) groups is 1. The Kier molecular flexibility index (Phi) is 9.46. The zero-order valence-electron chi connectivity index (χ0n) is 9.57. The number of carbonyl (C=O) groups excluding carboxylic acids is 1. The van der Waals surface area contributed by atoms with Crippen molar-refractivity contribution in [2.75, 3.05) is 46.6 Å². The van der Waals surface area contributed by atoms with Crippen molar-refractivity contribution in [2.45, 2.75) is 13.3 Å². The van der Waals surface area contributed by atoms with E-state index in [4.69, 9.17) is 14.6 Å². The molecule has 0 atom stereocenters. The van der Waals surface area contributed by atoms with Gasteiger partial charge in [-0.2, -0.15) is 0 Å². The van der Waals surface area contributed by atoms with Crippen molar-refractivity contribution < 1.29 is 19.4 Å². The molecule has 0 saturated carbocycles. The van der Waals surface area contributed by atoms with E-state index in [-0.39, 0.29) is 12.5 Å². The minimum absolute atomic E-state index is 0.00505. The predicted molar refractivity (Wildman–Crippen MR) is 56.7 cm³/mol. The minimum atomic E-state index is -0.0237. The number of hydrogen-bond donors (Lipinski definition) is 1. The summed E-state index contributed by atoms with van der Waals surface area (Å²) in [5.41, 5.74) is 0. The molecule has 0 fully saturated rings. The highest BCUT2D eigenvalue weighted by Gasteiger charge is 2.11. The molecule has 0 unspecified atom stereocenters. The molecule has 0 saturated heterocycles. The normalized spacial score (nSPS) is 10.3. The summed E-state index contributed by atoms with van der Waals surface area (Å²) in [7, 11) is 1.59. The molecule has 0 spiro atoms. The Morgan fingerprint density at radius 1 is 1.33 bits per heavy atom. The fourth-order valence-corrected chi connectivity index (χ4v) is 1.15. The summed E-state index contributed by atoms with van der Waals surface area (Å²) in [6, 6.07) is 0. The standard InChI is InChI=1S/C10H21NO4/c1-3-15-8-4-10(13)11(5-7-12)6-9-14-2/h12H,3-9H2,1-2H3. The number of hydrogen-bond acceptors (Lipinski definition) is 4. The first-order valence-corrected chi connectivity index (χ1v) is 5.21. The maximum absolute atomic E-state index is 11.6. The number of rotatable bonds is 9. The smallest absolute Gasteiger partial charge is 0.225 e. The molecule has 1 amide bonds. The van der Waals surface area contributed by atoms with Crippen molar-refractivity contribution in [3.63, 3.8) is 0 Å². The maximum atomic E-state index is 11.6. The van der Waals surface area contributed by atoms with Gasteiger partial charge in [-0.05, 0) is 6.92 Å². The second kappa shape index (κ2) is 9.89. The van der Waals surface area contributed by atoms with Gasteiger partial charge in [0.15, 0.2) is 0 Å². The van der Waals surface area contributed by atoms with E-state index in [0.717, 1.165) is 0 Å². The Labute approximate surface area is 91.0 Å². The van der Waals surface area contributed by atoms with Crippen LogP contribution in [0.3, 0.4) is 0 Å². The van der Waals surface area contributed by atoms with E-state index in [1.165, 1.54) is 0 Å². The van der Waals surface area contributed by atoms with Crippen LogP contribution in [0.2, 0.25) is 0 Å². The lowest BCUT2D eigenvalue weighted by Gasteiger charge is -2.21. The number of aliphatic hydroxyl groups is 1. The average molecular weight is 219 g/mol. The van der Waals surface area contributed by atoms with E-state index >= 15 is 0 Å². The largest absolute Gasteiger partial charge is 0.395 e. The molecule has 0 aliphatic rings. The first kappa shape index (κ1) is 14.3. The van der Waals surface area contributed by atoms with E-state index in [1.807, 2.05) is 6.92 Å². The highest BCUT2D eigenvalue weighted by Crippen LogP contribution is 1.95. The van der Waals surface area contributed by atoms with Gasteiger partial charge in [-0.25, -0.2) is 0 Å². The third kappa shape index (κ3) is 7.30. The van der Waals surface area contributed by atoms with Crippen LogP contribution in [0.25, 0.3) is 0 Å². The average Bonchev–Trinajstić information content (AvgIpc) is 2.24. The summed E-state index contributed by atoms with van der Waals surface area (Å²) >= 11 is 0. The summed E-state index contributed by atoms with van der Waals surface area (Å²) in [6.07, 6.45) is 0.359. The van der Waals surface area contributed by atoms with Gasteiger partial charge in [-0.3, -0.25) is 4.79 Å². The van der Waals surface area contributed by atoms with E-state index < -0.39 is 0 Å². The summed E-state index contributed by atoms with van der Waals surface area (Å²) in [4.78, 5) is 13.2. The van der Waals surface area contributed by atoms with Crippen molar-refractivity contribution in [1.29, 1.82) is 0 Å². The van der Waals surface area contributed by atoms with Gasteiger partial charge in [0.05, 0.1) is 26.2 Å². The molecule has 15 heavy (non-hydrogen) atoms. The molecular formula is C10H21NO4. The molecule has 0 aromatic carbocycles. The maximum Gasteiger partial charge on any atom is 0.225 e. The number of methoxy groups -OCH3 is 1. The molecule has 0 aromatic heterocycles. The Balaban J connectivity index is 3.81. The van der Waals surface area contributed by atoms with E-state index in [9.17, 15) is 4.79 Å². The SMILES string of the molecule is CCOCCC(=O)N(CCO)CCOC. The van der Waals surface area contributed by atoms with Crippen LogP contribution in [0.4, 0.5) is 0 Å². The Morgan fingerprint density at radius 3 is 2.60 bits per heavy atom. The molecule has 0 aromatic rings. The zero-order chi connectivity index (χ0) is 11.5. The molecule has 0 bridgehead atoms. The topological polar surface area (TPSA) is 59.0 Å². The van der Waals surface area contributed by atoms with Gasteiger partial charge in [0, 0.05) is 26.8 Å². The van der Waals surface area contributed by atoms with Gasteiger partial charge in [0.1, 0.15) is 0 Å². The molecule has 0 rings (SSSR count). The van der Waals surface area contributed by atoms with Gasteiger partial charge in [0.2, 0.25) is 5.91 Å². The lowest BCUT2D eigenvalue weighted by Crippen LogP contribution is -2.36. The summed E-state index contributed by atoms with van der Waals surface area (Å²) in [6.45, 7) is 4.28. The van der Waals surface area contributed by atoms with E-state index in [2.05, 4.69) is 0 Å². The molecule has 0 radical (unpaired) electrons. The van der Waals surface area contributed by atoms with Crippen molar-refractivity contribution in [1.82, 2.24) is 4.90 Å². The Bertz CT molecular complexity index is 164. The molecule has 5 heteroatoms. The Hall–Kier alpha value is -0.650. The lowest BCUT2D eigenvalue weighted by atomic mass is 10.3. The number of ether oxygens (including phenoxy) is 2. The molecule has 0 heterocycles. The molecule has 90 valence electrons. The number of amides is 1. The highest BCUT2D eigenvalue weighted by molar-refractivity contribution is 5.76. The Morgan fingerprint density at radius 2 is 2.07 bits per heavy atom. The van der Waals surface area contributed by atoms with Crippen LogP contribution in [0.15, 0.2) is 0 Å². The van der Waals surface area contributed by atoms with Crippen LogP contribution in [0, 0.1) is 0 Å². The first-order chi connectivity index (χ1) is 7.26. The van der Waals surface area contributed by atoms with E-state index in [1.54, 1.807) is 12.0 Å². The van der Waals surface area contributed by atoms with Crippen LogP contribution in [0.5, 0.6) is 0 Å². The van der Waals surface area contributed by atoms with Crippen LogP contribution >= 0.6 is 0 Å². The fraction of sp³-hybridized carbons (Fsp3) is 0.900. The fourth-order valence-electron chi connectivity index (χ4n) is 1.15. The molecule has 0 aliphatic carbocycles. The lowest BCUT2D eigenvalue weighted by molar-refractivity contribution is -0.133. The van der Waals surface area contributed by atoms with Crippen molar-refractivity contribution in [3.8, 4) is 0 Å². The van der Waals surface area contributed by atoms with Gasteiger partial charge >= 0.3 is 0 Å². The number of aliphatic hydroxyl groups excluding tert-OH is 1. The van der Waals surface area contributed by atoms with Crippen LogP contribution in [-0.2, 0) is 14.3 Å². The van der Waals surface area contributed by atoms with Crippen molar-refractivity contribution >= 4 is 5.91 Å². The third-order valence-electron chi connectivity index (χ3n) is 1.95.